The van der Waals surface area contributed by atoms with Gasteiger partial charge in [0.05, 0.1) is 0 Å². The molecule has 20 heavy (non-hydrogen) atoms. The molecule has 0 bridgehead atoms. The minimum atomic E-state index is 0.572. The van der Waals surface area contributed by atoms with Gasteiger partial charge in [-0.1, -0.05) is 36.6 Å². The largest absolute Gasteiger partial charge is 0.373 e. The van der Waals surface area contributed by atoms with E-state index >= 15 is 0 Å². The van der Waals surface area contributed by atoms with Crippen molar-refractivity contribution in [1.82, 2.24) is 9.97 Å². The summed E-state index contributed by atoms with van der Waals surface area (Å²) in [6, 6.07) is 9.78. The van der Waals surface area contributed by atoms with Gasteiger partial charge in [0.15, 0.2) is 5.82 Å². The molecule has 0 saturated heterocycles. The first-order valence-electron chi connectivity index (χ1n) is 7.09. The number of anilines is 1. The van der Waals surface area contributed by atoms with Crippen LogP contribution in [0.3, 0.4) is 0 Å². The fourth-order valence-corrected chi connectivity index (χ4v) is 2.97. The van der Waals surface area contributed by atoms with Crippen LogP contribution in [0.4, 0.5) is 5.82 Å². The van der Waals surface area contributed by atoms with Gasteiger partial charge in [-0.2, -0.15) is 0 Å². The third-order valence-electron chi connectivity index (χ3n) is 3.86. The Morgan fingerprint density at radius 3 is 2.65 bits per heavy atom. The molecule has 1 aromatic heterocycles. The Hall–Kier alpha value is -1.61. The van der Waals surface area contributed by atoms with Crippen LogP contribution < -0.4 is 5.32 Å². The zero-order chi connectivity index (χ0) is 13.9. The van der Waals surface area contributed by atoms with Crippen LogP contribution in [0.25, 0.3) is 11.4 Å². The molecule has 104 valence electrons. The van der Waals surface area contributed by atoms with Crippen LogP contribution in [0.2, 0.25) is 5.02 Å². The normalized spacial score (nSPS) is 15.5. The highest BCUT2D eigenvalue weighted by atomic mass is 35.5. The maximum Gasteiger partial charge on any atom is 0.161 e. The molecule has 0 radical (unpaired) electrons. The van der Waals surface area contributed by atoms with Crippen molar-refractivity contribution in [2.75, 3.05) is 12.4 Å². The predicted octanol–water partition coefficient (Wildman–Crippen LogP) is 4.50. The van der Waals surface area contributed by atoms with E-state index < -0.39 is 0 Å². The third kappa shape index (κ3) is 2.78. The number of benzene rings is 1. The van der Waals surface area contributed by atoms with Crippen molar-refractivity contribution in [2.24, 2.45) is 0 Å². The first kappa shape index (κ1) is 13.4. The summed E-state index contributed by atoms with van der Waals surface area (Å²) in [5.41, 5.74) is 2.12. The monoisotopic (exact) mass is 287 g/mol. The Morgan fingerprint density at radius 2 is 1.95 bits per heavy atom. The second-order valence-corrected chi connectivity index (χ2v) is 5.68. The van der Waals surface area contributed by atoms with Gasteiger partial charge in [-0.25, -0.2) is 9.97 Å². The topological polar surface area (TPSA) is 37.8 Å². The summed E-state index contributed by atoms with van der Waals surface area (Å²) in [7, 11) is 1.89. The maximum absolute atomic E-state index is 6.06. The summed E-state index contributed by atoms with van der Waals surface area (Å²) in [4.78, 5) is 9.32. The van der Waals surface area contributed by atoms with Gasteiger partial charge in [0, 0.05) is 35.3 Å². The summed E-state index contributed by atoms with van der Waals surface area (Å²) < 4.78 is 0. The molecule has 1 heterocycles. The highest BCUT2D eigenvalue weighted by Crippen LogP contribution is 2.34. The molecule has 1 aliphatic carbocycles. The molecule has 1 aromatic carbocycles. The minimum absolute atomic E-state index is 0.572. The Kier molecular flexibility index (Phi) is 3.88. The lowest BCUT2D eigenvalue weighted by Crippen LogP contribution is -2.03. The van der Waals surface area contributed by atoms with Crippen LogP contribution in [0.15, 0.2) is 30.3 Å². The number of nitrogens with zero attached hydrogens (tertiary/aromatic N) is 2. The van der Waals surface area contributed by atoms with E-state index in [0.717, 1.165) is 22.9 Å². The Balaban J connectivity index is 2.03. The molecule has 1 aliphatic rings. The molecule has 3 rings (SSSR count). The Bertz CT molecular complexity index is 606. The molecule has 2 aromatic rings. The van der Waals surface area contributed by atoms with E-state index in [1.807, 2.05) is 31.3 Å². The van der Waals surface area contributed by atoms with Gasteiger partial charge in [-0.15, -0.1) is 0 Å². The second-order valence-electron chi connectivity index (χ2n) is 5.24. The minimum Gasteiger partial charge on any atom is -0.373 e. The van der Waals surface area contributed by atoms with Gasteiger partial charge in [-0.3, -0.25) is 0 Å². The molecule has 0 aliphatic heterocycles. The van der Waals surface area contributed by atoms with Crippen molar-refractivity contribution < 1.29 is 0 Å². The molecule has 0 amide bonds. The molecule has 3 nitrogen and oxygen atoms in total. The maximum atomic E-state index is 6.06. The first-order valence-corrected chi connectivity index (χ1v) is 7.47. The molecular weight excluding hydrogens is 270 g/mol. The summed E-state index contributed by atoms with van der Waals surface area (Å²) in [5.74, 6) is 2.20. The number of hydrogen-bond donors (Lipinski definition) is 1. The number of nitrogens with one attached hydrogen (secondary N) is 1. The molecule has 1 saturated carbocycles. The van der Waals surface area contributed by atoms with E-state index in [4.69, 9.17) is 16.6 Å². The van der Waals surface area contributed by atoms with Crippen LogP contribution in [0.5, 0.6) is 0 Å². The van der Waals surface area contributed by atoms with Crippen LogP contribution in [0.1, 0.15) is 37.3 Å². The average Bonchev–Trinajstić information content (AvgIpc) is 3.01. The van der Waals surface area contributed by atoms with Gasteiger partial charge in [-0.05, 0) is 25.0 Å². The zero-order valence-corrected chi connectivity index (χ0v) is 12.3. The second kappa shape index (κ2) is 5.80. The van der Waals surface area contributed by atoms with E-state index in [0.29, 0.717) is 10.9 Å². The molecule has 0 atom stereocenters. The van der Waals surface area contributed by atoms with Crippen molar-refractivity contribution in [3.8, 4) is 11.4 Å². The predicted molar refractivity (Wildman–Crippen MR) is 83.2 cm³/mol. The Morgan fingerprint density at radius 1 is 1.15 bits per heavy atom. The van der Waals surface area contributed by atoms with Gasteiger partial charge in [0.2, 0.25) is 0 Å². The van der Waals surface area contributed by atoms with Crippen molar-refractivity contribution in [2.45, 2.75) is 31.6 Å². The lowest BCUT2D eigenvalue weighted by molar-refractivity contribution is 0.696. The molecule has 1 fully saturated rings. The average molecular weight is 288 g/mol. The summed E-state index contributed by atoms with van der Waals surface area (Å²) in [5, 5.41) is 3.84. The molecule has 0 spiro atoms. The fourth-order valence-electron chi connectivity index (χ4n) is 2.78. The van der Waals surface area contributed by atoms with Gasteiger partial charge < -0.3 is 5.32 Å². The number of halogens is 1. The summed E-state index contributed by atoms with van der Waals surface area (Å²) >= 11 is 6.06. The van der Waals surface area contributed by atoms with E-state index in [1.54, 1.807) is 0 Å². The van der Waals surface area contributed by atoms with Crippen LogP contribution in [-0.4, -0.2) is 17.0 Å². The summed E-state index contributed by atoms with van der Waals surface area (Å²) in [6.45, 7) is 0. The molecular formula is C16H18ClN3. The van der Waals surface area contributed by atoms with Crippen molar-refractivity contribution in [1.29, 1.82) is 0 Å². The quantitative estimate of drug-likeness (QED) is 0.903. The fraction of sp³-hybridized carbons (Fsp3) is 0.375. The van der Waals surface area contributed by atoms with E-state index in [2.05, 4.69) is 16.4 Å². The standard InChI is InChI=1S/C16H18ClN3/c1-18-15-10-14(11-5-2-3-6-11)19-16(20-15)12-7-4-8-13(17)9-12/h4,7-11H,2-3,5-6H2,1H3,(H,18,19,20). The van der Waals surface area contributed by atoms with E-state index in [-0.39, 0.29) is 0 Å². The van der Waals surface area contributed by atoms with Crippen LogP contribution in [-0.2, 0) is 0 Å². The number of hydrogen-bond acceptors (Lipinski definition) is 3. The van der Waals surface area contributed by atoms with Crippen molar-refractivity contribution in [3.05, 3.63) is 41.0 Å². The zero-order valence-electron chi connectivity index (χ0n) is 11.6. The van der Waals surface area contributed by atoms with E-state index in [9.17, 15) is 0 Å². The molecule has 1 N–H and O–H groups in total. The van der Waals surface area contributed by atoms with Gasteiger partial charge >= 0.3 is 0 Å². The molecule has 0 unspecified atom stereocenters. The van der Waals surface area contributed by atoms with Crippen molar-refractivity contribution >= 4 is 17.4 Å². The number of aromatic nitrogens is 2. The van der Waals surface area contributed by atoms with Gasteiger partial charge in [0.25, 0.3) is 0 Å². The third-order valence-corrected chi connectivity index (χ3v) is 4.09. The highest BCUT2D eigenvalue weighted by molar-refractivity contribution is 6.30. The van der Waals surface area contributed by atoms with E-state index in [1.165, 1.54) is 25.7 Å². The number of rotatable bonds is 3. The summed E-state index contributed by atoms with van der Waals surface area (Å²) in [6.07, 6.45) is 5.07. The highest BCUT2D eigenvalue weighted by Gasteiger charge is 2.20. The van der Waals surface area contributed by atoms with Gasteiger partial charge in [0.1, 0.15) is 5.82 Å². The lowest BCUT2D eigenvalue weighted by Gasteiger charge is -2.12. The van der Waals surface area contributed by atoms with Crippen LogP contribution >= 0.6 is 11.6 Å². The lowest BCUT2D eigenvalue weighted by atomic mass is 10.0. The van der Waals surface area contributed by atoms with Crippen LogP contribution in [0, 0.1) is 0 Å². The smallest absolute Gasteiger partial charge is 0.161 e. The van der Waals surface area contributed by atoms with Crippen molar-refractivity contribution in [3.63, 3.8) is 0 Å². The molecule has 4 heteroatoms. The SMILES string of the molecule is CNc1cc(C2CCCC2)nc(-c2cccc(Cl)c2)n1. The Labute approximate surface area is 124 Å². The first-order chi connectivity index (χ1) is 9.76.